The Bertz CT molecular complexity index is 69.2. The van der Waals surface area contributed by atoms with E-state index in [2.05, 4.69) is 6.58 Å². The molecule has 1 N–H and O–H groups in total. The first-order valence-electron chi connectivity index (χ1n) is 1.36. The Morgan fingerprint density at radius 3 is 2.50 bits per heavy atom. The number of carboxylic acid groups (broad SMARTS) is 1. The molecule has 34 valence electrons. The molecule has 0 saturated heterocycles. The van der Waals surface area contributed by atoms with Crippen LogP contribution < -0.4 is 10.4 Å². The summed E-state index contributed by atoms with van der Waals surface area (Å²) in [5.74, 6) is 0. The molecular formula is C3H4NO2-. The minimum atomic E-state index is -1.33. The molecular weight excluding hydrogens is 82.0 g/mol. The van der Waals surface area contributed by atoms with Gasteiger partial charge in [-0.25, -0.2) is 0 Å². The standard InChI is InChI=1S/C3H5NO2/c1-2-4-3(5)6/h2,4H,1H2,(H,5,6)/p-1. The Labute approximate surface area is 35.3 Å². The van der Waals surface area contributed by atoms with Crippen LogP contribution in [0.5, 0.6) is 0 Å². The fourth-order valence-corrected chi connectivity index (χ4v) is 0.0833. The maximum atomic E-state index is 9.31. The van der Waals surface area contributed by atoms with Crippen LogP contribution >= 0.6 is 0 Å². The highest BCUT2D eigenvalue weighted by Gasteiger charge is 1.64. The van der Waals surface area contributed by atoms with E-state index in [1.54, 1.807) is 5.32 Å². The van der Waals surface area contributed by atoms with E-state index in [4.69, 9.17) is 0 Å². The first-order chi connectivity index (χ1) is 2.77. The maximum Gasteiger partial charge on any atom is 0.138 e. The minimum Gasteiger partial charge on any atom is -0.530 e. The predicted molar refractivity (Wildman–Crippen MR) is 18.7 cm³/mol. The van der Waals surface area contributed by atoms with Gasteiger partial charge in [-0.15, -0.1) is 0 Å². The molecule has 3 nitrogen and oxygen atoms in total. The first kappa shape index (κ1) is 5.01. The van der Waals surface area contributed by atoms with Crippen LogP contribution in [0.15, 0.2) is 12.8 Å². The monoisotopic (exact) mass is 86.0 g/mol. The van der Waals surface area contributed by atoms with Gasteiger partial charge in [-0.1, -0.05) is 6.58 Å². The van der Waals surface area contributed by atoms with Crippen molar-refractivity contribution < 1.29 is 9.90 Å². The van der Waals surface area contributed by atoms with Gasteiger partial charge < -0.3 is 15.2 Å². The zero-order valence-corrected chi connectivity index (χ0v) is 3.10. The van der Waals surface area contributed by atoms with E-state index in [1.165, 1.54) is 0 Å². The Morgan fingerprint density at radius 2 is 2.50 bits per heavy atom. The topological polar surface area (TPSA) is 52.2 Å². The summed E-state index contributed by atoms with van der Waals surface area (Å²) in [4.78, 5) is 9.31. The number of carbonyl (C=O) groups is 1. The van der Waals surface area contributed by atoms with E-state index in [-0.39, 0.29) is 0 Å². The molecule has 3 heteroatoms. The Kier molecular flexibility index (Phi) is 1.89. The minimum absolute atomic E-state index is 1.04. The van der Waals surface area contributed by atoms with Crippen molar-refractivity contribution in [1.29, 1.82) is 0 Å². The van der Waals surface area contributed by atoms with Gasteiger partial charge in [-0.05, 0) is 6.20 Å². The molecule has 0 aliphatic heterocycles. The molecule has 0 saturated carbocycles. The highest BCUT2D eigenvalue weighted by Crippen LogP contribution is 1.48. The summed E-state index contributed by atoms with van der Waals surface area (Å²) < 4.78 is 0. The number of carbonyl (C=O) groups excluding carboxylic acids is 1. The van der Waals surface area contributed by atoms with Crippen LogP contribution in [0.3, 0.4) is 0 Å². The van der Waals surface area contributed by atoms with Gasteiger partial charge >= 0.3 is 0 Å². The molecule has 0 aliphatic carbocycles. The molecule has 0 unspecified atom stereocenters. The lowest BCUT2D eigenvalue weighted by atomic mass is 11.0. The SMILES string of the molecule is C=CNC(=O)[O-]. The molecule has 6 heavy (non-hydrogen) atoms. The van der Waals surface area contributed by atoms with Crippen LogP contribution in [0.2, 0.25) is 0 Å². The van der Waals surface area contributed by atoms with Gasteiger partial charge in [0.05, 0.1) is 0 Å². The third kappa shape index (κ3) is 3.01. The van der Waals surface area contributed by atoms with Crippen molar-refractivity contribution in [2.45, 2.75) is 0 Å². The number of amides is 1. The second kappa shape index (κ2) is 2.26. The van der Waals surface area contributed by atoms with Gasteiger partial charge in [-0.3, -0.25) is 0 Å². The number of rotatable bonds is 1. The molecule has 0 spiro atoms. The van der Waals surface area contributed by atoms with Crippen molar-refractivity contribution >= 4 is 6.09 Å². The van der Waals surface area contributed by atoms with E-state index in [9.17, 15) is 9.90 Å². The average molecular weight is 86.1 g/mol. The first-order valence-corrected chi connectivity index (χ1v) is 1.36. The zero-order chi connectivity index (χ0) is 4.99. The van der Waals surface area contributed by atoms with Gasteiger partial charge in [0, 0.05) is 0 Å². The molecule has 1 amide bonds. The van der Waals surface area contributed by atoms with Crippen molar-refractivity contribution in [2.24, 2.45) is 0 Å². The zero-order valence-electron chi connectivity index (χ0n) is 3.10. The largest absolute Gasteiger partial charge is 0.530 e. The molecule has 0 aromatic heterocycles. The lowest BCUT2D eigenvalue weighted by molar-refractivity contribution is -0.249. The van der Waals surface area contributed by atoms with Crippen molar-refractivity contribution in [3.05, 3.63) is 12.8 Å². The molecule has 0 bridgehead atoms. The summed E-state index contributed by atoms with van der Waals surface area (Å²) in [6, 6.07) is 0. The summed E-state index contributed by atoms with van der Waals surface area (Å²) in [5.41, 5.74) is 0. The highest BCUT2D eigenvalue weighted by molar-refractivity contribution is 5.62. The van der Waals surface area contributed by atoms with Crippen LogP contribution in [0.1, 0.15) is 0 Å². The average Bonchev–Trinajstić information content (AvgIpc) is 1.35. The fraction of sp³-hybridized carbons (Fsp3) is 0. The summed E-state index contributed by atoms with van der Waals surface area (Å²) >= 11 is 0. The van der Waals surface area contributed by atoms with Crippen molar-refractivity contribution in [3.8, 4) is 0 Å². The quantitative estimate of drug-likeness (QED) is 0.448. The van der Waals surface area contributed by atoms with Crippen LogP contribution in [-0.2, 0) is 0 Å². The normalized spacial score (nSPS) is 6.67. The summed E-state index contributed by atoms with van der Waals surface area (Å²) in [6.07, 6.45) is -0.292. The van der Waals surface area contributed by atoms with E-state index in [1.807, 2.05) is 0 Å². The Hall–Kier alpha value is -0.990. The van der Waals surface area contributed by atoms with E-state index >= 15 is 0 Å². The van der Waals surface area contributed by atoms with Crippen molar-refractivity contribution in [2.75, 3.05) is 0 Å². The summed E-state index contributed by atoms with van der Waals surface area (Å²) in [6.45, 7) is 3.07. The van der Waals surface area contributed by atoms with Gasteiger partial charge in [0.15, 0.2) is 0 Å². The van der Waals surface area contributed by atoms with E-state index in [0.717, 1.165) is 6.20 Å². The van der Waals surface area contributed by atoms with Gasteiger partial charge in [0.25, 0.3) is 0 Å². The molecule has 0 rings (SSSR count). The predicted octanol–water partition coefficient (Wildman–Crippen LogP) is -0.937. The second-order valence-corrected chi connectivity index (χ2v) is 0.636. The van der Waals surface area contributed by atoms with E-state index in [0.29, 0.717) is 0 Å². The number of nitrogens with one attached hydrogen (secondary N) is 1. The van der Waals surface area contributed by atoms with Crippen molar-refractivity contribution in [1.82, 2.24) is 5.32 Å². The Morgan fingerprint density at radius 1 is 2.00 bits per heavy atom. The second-order valence-electron chi connectivity index (χ2n) is 0.636. The Balaban J connectivity index is 3.05. The van der Waals surface area contributed by atoms with Crippen LogP contribution in [0.4, 0.5) is 4.79 Å². The summed E-state index contributed by atoms with van der Waals surface area (Å²) in [5, 5.41) is 11.1. The number of hydrogen-bond acceptors (Lipinski definition) is 2. The molecule has 0 aromatic carbocycles. The van der Waals surface area contributed by atoms with Gasteiger partial charge in [0.2, 0.25) is 0 Å². The van der Waals surface area contributed by atoms with Crippen LogP contribution in [0.25, 0.3) is 0 Å². The molecule has 0 fully saturated rings. The smallest absolute Gasteiger partial charge is 0.138 e. The maximum absolute atomic E-state index is 9.31. The van der Waals surface area contributed by atoms with Crippen LogP contribution in [-0.4, -0.2) is 6.09 Å². The van der Waals surface area contributed by atoms with Gasteiger partial charge in [0.1, 0.15) is 6.09 Å². The molecule has 0 aromatic rings. The molecule has 0 radical (unpaired) electrons. The number of hydrogen-bond donors (Lipinski definition) is 1. The lowest BCUT2D eigenvalue weighted by Crippen LogP contribution is -2.32. The van der Waals surface area contributed by atoms with Crippen LogP contribution in [0, 0.1) is 0 Å². The highest BCUT2D eigenvalue weighted by atomic mass is 16.4. The van der Waals surface area contributed by atoms with Gasteiger partial charge in [-0.2, -0.15) is 0 Å². The molecule has 0 aliphatic rings. The molecule has 0 atom stereocenters. The molecule has 0 heterocycles. The lowest BCUT2D eigenvalue weighted by Gasteiger charge is -1.94. The fourth-order valence-electron chi connectivity index (χ4n) is 0.0833. The van der Waals surface area contributed by atoms with Crippen molar-refractivity contribution in [3.63, 3.8) is 0 Å². The summed E-state index contributed by atoms with van der Waals surface area (Å²) in [7, 11) is 0. The van der Waals surface area contributed by atoms with E-state index < -0.39 is 6.09 Å². The third-order valence-electron chi connectivity index (χ3n) is 0.220. The third-order valence-corrected chi connectivity index (χ3v) is 0.220.